The highest BCUT2D eigenvalue weighted by Crippen LogP contribution is 2.27. The molecule has 4 rings (SSSR count). The molecule has 0 aliphatic carbocycles. The van der Waals surface area contributed by atoms with E-state index in [9.17, 15) is 4.79 Å². The number of nitrogens with two attached hydrogens (primary N) is 1. The summed E-state index contributed by atoms with van der Waals surface area (Å²) in [6.45, 7) is 2.58. The van der Waals surface area contributed by atoms with Crippen LogP contribution >= 0.6 is 11.3 Å². The molecule has 1 fully saturated rings. The van der Waals surface area contributed by atoms with Gasteiger partial charge in [0.2, 0.25) is 0 Å². The molecule has 0 bridgehead atoms. The van der Waals surface area contributed by atoms with E-state index in [4.69, 9.17) is 5.73 Å². The van der Waals surface area contributed by atoms with Crippen molar-refractivity contribution in [1.29, 1.82) is 0 Å². The SMILES string of the molecule is Nc1nccnc1C(=O)N1CCN(c2ncnc3sccc23)CC1. The van der Waals surface area contributed by atoms with E-state index < -0.39 is 0 Å². The van der Waals surface area contributed by atoms with Gasteiger partial charge >= 0.3 is 0 Å². The number of amides is 1. The summed E-state index contributed by atoms with van der Waals surface area (Å²) >= 11 is 1.60. The normalized spacial score (nSPS) is 15.0. The molecule has 8 nitrogen and oxygen atoms in total. The van der Waals surface area contributed by atoms with E-state index in [1.54, 1.807) is 22.6 Å². The third kappa shape index (κ3) is 2.52. The molecule has 0 unspecified atom stereocenters. The van der Waals surface area contributed by atoms with E-state index in [2.05, 4.69) is 24.8 Å². The van der Waals surface area contributed by atoms with Crippen molar-refractivity contribution in [1.82, 2.24) is 24.8 Å². The lowest BCUT2D eigenvalue weighted by Gasteiger charge is -2.35. The first kappa shape index (κ1) is 14.8. The van der Waals surface area contributed by atoms with Crippen molar-refractivity contribution < 1.29 is 4.79 Å². The molecule has 24 heavy (non-hydrogen) atoms. The van der Waals surface area contributed by atoms with Crippen molar-refractivity contribution >= 4 is 39.1 Å². The summed E-state index contributed by atoms with van der Waals surface area (Å²) in [5.74, 6) is 0.914. The Kier molecular flexibility index (Phi) is 3.69. The number of hydrogen-bond acceptors (Lipinski definition) is 8. The van der Waals surface area contributed by atoms with Crippen LogP contribution in [0.1, 0.15) is 10.5 Å². The molecule has 0 saturated carbocycles. The van der Waals surface area contributed by atoms with Gasteiger partial charge in [0.1, 0.15) is 17.0 Å². The zero-order chi connectivity index (χ0) is 16.5. The molecular formula is C15H15N7OS. The second-order valence-electron chi connectivity index (χ2n) is 5.41. The standard InChI is InChI=1S/C15H15N7OS/c16-12-11(17-2-3-18-12)15(23)22-6-4-21(5-7-22)13-10-1-8-24-14(10)20-9-19-13/h1-3,8-9H,4-7H2,(H2,16,18). The van der Waals surface area contributed by atoms with Crippen LogP contribution in [0.5, 0.6) is 0 Å². The molecule has 4 heterocycles. The van der Waals surface area contributed by atoms with Gasteiger partial charge in [0.25, 0.3) is 5.91 Å². The van der Waals surface area contributed by atoms with Crippen molar-refractivity contribution in [3.05, 3.63) is 35.9 Å². The minimum atomic E-state index is -0.177. The van der Waals surface area contributed by atoms with Crippen LogP contribution in [0.4, 0.5) is 11.6 Å². The van der Waals surface area contributed by atoms with Crippen molar-refractivity contribution in [2.24, 2.45) is 0 Å². The summed E-state index contributed by atoms with van der Waals surface area (Å²) in [4.78, 5) is 34.1. The number of nitrogen functional groups attached to an aromatic ring is 1. The number of nitrogens with zero attached hydrogens (tertiary/aromatic N) is 6. The molecule has 1 saturated heterocycles. The first-order chi connectivity index (χ1) is 11.7. The van der Waals surface area contributed by atoms with Gasteiger partial charge in [-0.2, -0.15) is 0 Å². The molecule has 0 radical (unpaired) electrons. The van der Waals surface area contributed by atoms with Gasteiger partial charge < -0.3 is 15.5 Å². The number of fused-ring (bicyclic) bond motifs is 1. The lowest BCUT2D eigenvalue weighted by molar-refractivity contribution is 0.0741. The van der Waals surface area contributed by atoms with E-state index >= 15 is 0 Å². The van der Waals surface area contributed by atoms with Gasteiger partial charge in [-0.05, 0) is 11.4 Å². The summed E-state index contributed by atoms with van der Waals surface area (Å²) in [6.07, 6.45) is 4.55. The third-order valence-electron chi connectivity index (χ3n) is 4.04. The van der Waals surface area contributed by atoms with Gasteiger partial charge in [0.15, 0.2) is 11.5 Å². The van der Waals surface area contributed by atoms with Crippen LogP contribution in [0.2, 0.25) is 0 Å². The summed E-state index contributed by atoms with van der Waals surface area (Å²) in [5, 5.41) is 3.07. The quantitative estimate of drug-likeness (QED) is 0.742. The largest absolute Gasteiger partial charge is 0.382 e. The van der Waals surface area contributed by atoms with Crippen LogP contribution < -0.4 is 10.6 Å². The van der Waals surface area contributed by atoms with Crippen LogP contribution in [-0.2, 0) is 0 Å². The van der Waals surface area contributed by atoms with E-state index in [0.29, 0.717) is 26.2 Å². The number of piperazine rings is 1. The van der Waals surface area contributed by atoms with Gasteiger partial charge in [-0.15, -0.1) is 11.3 Å². The van der Waals surface area contributed by atoms with Gasteiger partial charge in [-0.25, -0.2) is 19.9 Å². The summed E-state index contributed by atoms with van der Waals surface area (Å²) in [6, 6.07) is 2.03. The van der Waals surface area contributed by atoms with Crippen molar-refractivity contribution in [3.8, 4) is 0 Å². The minimum Gasteiger partial charge on any atom is -0.382 e. The monoisotopic (exact) mass is 341 g/mol. The zero-order valence-corrected chi connectivity index (χ0v) is 13.6. The fraction of sp³-hybridized carbons (Fsp3) is 0.267. The number of carbonyl (C=O) groups is 1. The summed E-state index contributed by atoms with van der Waals surface area (Å²) in [5.41, 5.74) is 5.97. The Morgan fingerprint density at radius 3 is 2.67 bits per heavy atom. The van der Waals surface area contributed by atoms with E-state index in [1.165, 1.54) is 12.4 Å². The smallest absolute Gasteiger partial charge is 0.276 e. The number of carbonyl (C=O) groups excluding carboxylic acids is 1. The fourth-order valence-corrected chi connectivity index (χ4v) is 3.54. The topological polar surface area (TPSA) is 101 Å². The average molecular weight is 341 g/mol. The molecule has 0 spiro atoms. The molecule has 1 aliphatic rings. The molecule has 3 aromatic rings. The first-order valence-corrected chi connectivity index (χ1v) is 8.41. The van der Waals surface area contributed by atoms with Crippen molar-refractivity contribution in [3.63, 3.8) is 0 Å². The average Bonchev–Trinajstić information content (AvgIpc) is 3.10. The van der Waals surface area contributed by atoms with Crippen LogP contribution in [0, 0.1) is 0 Å². The summed E-state index contributed by atoms with van der Waals surface area (Å²) in [7, 11) is 0. The first-order valence-electron chi connectivity index (χ1n) is 7.53. The second-order valence-corrected chi connectivity index (χ2v) is 6.30. The lowest BCUT2D eigenvalue weighted by Crippen LogP contribution is -2.49. The lowest BCUT2D eigenvalue weighted by atomic mass is 10.2. The fourth-order valence-electron chi connectivity index (χ4n) is 2.81. The van der Waals surface area contributed by atoms with Gasteiger partial charge in [0.05, 0.1) is 5.39 Å². The molecule has 122 valence electrons. The molecule has 0 aromatic carbocycles. The maximum atomic E-state index is 12.5. The number of anilines is 2. The predicted octanol–water partition coefficient (Wildman–Crippen LogP) is 1.03. The molecule has 2 N–H and O–H groups in total. The van der Waals surface area contributed by atoms with E-state index in [0.717, 1.165) is 16.0 Å². The Bertz CT molecular complexity index is 888. The molecule has 1 aliphatic heterocycles. The second kappa shape index (κ2) is 6.00. The predicted molar refractivity (Wildman–Crippen MR) is 92.0 cm³/mol. The number of thiophene rings is 1. The maximum absolute atomic E-state index is 12.5. The Hall–Kier alpha value is -2.81. The molecule has 3 aromatic heterocycles. The highest BCUT2D eigenvalue weighted by atomic mass is 32.1. The Morgan fingerprint density at radius 2 is 1.88 bits per heavy atom. The Balaban J connectivity index is 1.50. The van der Waals surface area contributed by atoms with Crippen molar-refractivity contribution in [2.75, 3.05) is 36.8 Å². The van der Waals surface area contributed by atoms with E-state index in [-0.39, 0.29) is 17.4 Å². The van der Waals surface area contributed by atoms with Gasteiger partial charge in [-0.3, -0.25) is 4.79 Å². The third-order valence-corrected chi connectivity index (χ3v) is 4.86. The van der Waals surface area contributed by atoms with Crippen LogP contribution in [0.3, 0.4) is 0 Å². The molecule has 1 amide bonds. The number of aromatic nitrogens is 4. The maximum Gasteiger partial charge on any atom is 0.276 e. The molecule has 9 heteroatoms. The van der Waals surface area contributed by atoms with Crippen LogP contribution in [-0.4, -0.2) is 56.9 Å². The van der Waals surface area contributed by atoms with Gasteiger partial charge in [0, 0.05) is 38.6 Å². The summed E-state index contributed by atoms with van der Waals surface area (Å²) < 4.78 is 0. The highest BCUT2D eigenvalue weighted by molar-refractivity contribution is 7.16. The Labute approximate surface area is 142 Å². The van der Waals surface area contributed by atoms with Gasteiger partial charge in [-0.1, -0.05) is 0 Å². The molecular weight excluding hydrogens is 326 g/mol. The number of rotatable bonds is 2. The van der Waals surface area contributed by atoms with Crippen LogP contribution in [0.25, 0.3) is 10.2 Å². The van der Waals surface area contributed by atoms with Crippen LogP contribution in [0.15, 0.2) is 30.2 Å². The molecule has 0 atom stereocenters. The highest BCUT2D eigenvalue weighted by Gasteiger charge is 2.26. The zero-order valence-electron chi connectivity index (χ0n) is 12.8. The Morgan fingerprint density at radius 1 is 1.08 bits per heavy atom. The van der Waals surface area contributed by atoms with Crippen molar-refractivity contribution in [2.45, 2.75) is 0 Å². The minimum absolute atomic E-state index is 0.167. The number of hydrogen-bond donors (Lipinski definition) is 1. The van der Waals surface area contributed by atoms with E-state index in [1.807, 2.05) is 11.4 Å².